The van der Waals surface area contributed by atoms with Crippen molar-refractivity contribution in [3.63, 3.8) is 0 Å². The van der Waals surface area contributed by atoms with E-state index in [-0.39, 0.29) is 24.2 Å². The van der Waals surface area contributed by atoms with Gasteiger partial charge in [0.25, 0.3) is 0 Å². The molecule has 1 aliphatic heterocycles. The van der Waals surface area contributed by atoms with Crippen LogP contribution in [-0.2, 0) is 4.79 Å². The third-order valence-corrected chi connectivity index (χ3v) is 4.89. The van der Waals surface area contributed by atoms with Gasteiger partial charge in [0.05, 0.1) is 6.04 Å². The second kappa shape index (κ2) is 6.84. The number of benzene rings is 1. The Labute approximate surface area is 132 Å². The molecule has 3 unspecified atom stereocenters. The maximum Gasteiger partial charge on any atom is 0.241 e. The fourth-order valence-corrected chi connectivity index (χ4v) is 3.59. The minimum absolute atomic E-state index is 0.00459. The molecule has 0 radical (unpaired) electrons. The highest BCUT2D eigenvalue weighted by Gasteiger charge is 2.39. The van der Waals surface area contributed by atoms with E-state index in [2.05, 4.69) is 50.5 Å². The smallest absolute Gasteiger partial charge is 0.241 e. The Morgan fingerprint density at radius 3 is 2.71 bits per heavy atom. The zero-order chi connectivity index (χ0) is 15.6. The van der Waals surface area contributed by atoms with E-state index in [9.17, 15) is 4.79 Å². The summed E-state index contributed by atoms with van der Waals surface area (Å²) in [5, 5.41) is 3.46. The number of thioether (sulfide) groups is 1. The zero-order valence-corrected chi connectivity index (χ0v) is 14.5. The SMILES string of the molecule is CSCCC(C)N1C(=O)C(C)NC1c1ccc(C)cc1C. The lowest BCUT2D eigenvalue weighted by Gasteiger charge is -2.31. The van der Waals surface area contributed by atoms with Crippen LogP contribution in [0.5, 0.6) is 0 Å². The Hall–Kier alpha value is -1.00. The normalized spacial score (nSPS) is 23.7. The van der Waals surface area contributed by atoms with Gasteiger partial charge in [0, 0.05) is 6.04 Å². The van der Waals surface area contributed by atoms with Gasteiger partial charge in [-0.2, -0.15) is 11.8 Å². The lowest BCUT2D eigenvalue weighted by atomic mass is 10.0. The first kappa shape index (κ1) is 16.4. The molecule has 1 aromatic carbocycles. The maximum atomic E-state index is 12.5. The van der Waals surface area contributed by atoms with Gasteiger partial charge in [0.1, 0.15) is 6.17 Å². The van der Waals surface area contributed by atoms with E-state index in [1.165, 1.54) is 16.7 Å². The lowest BCUT2D eigenvalue weighted by molar-refractivity contribution is -0.131. The number of carbonyl (C=O) groups excluding carboxylic acids is 1. The van der Waals surface area contributed by atoms with Crippen LogP contribution in [0.15, 0.2) is 18.2 Å². The standard InChI is InChI=1S/C17H26N2OS/c1-11-6-7-15(12(2)10-11)16-18-14(4)17(20)19(16)13(3)8-9-21-5/h6-7,10,13-14,16,18H,8-9H2,1-5H3. The van der Waals surface area contributed by atoms with Crippen molar-refractivity contribution in [2.45, 2.75) is 52.4 Å². The van der Waals surface area contributed by atoms with Crippen molar-refractivity contribution < 1.29 is 4.79 Å². The van der Waals surface area contributed by atoms with Crippen LogP contribution in [0.2, 0.25) is 0 Å². The molecule has 0 saturated carbocycles. The van der Waals surface area contributed by atoms with Gasteiger partial charge in [0.15, 0.2) is 0 Å². The highest BCUT2D eigenvalue weighted by Crippen LogP contribution is 2.31. The number of hydrogen-bond donors (Lipinski definition) is 1. The molecule has 0 bridgehead atoms. The van der Waals surface area contributed by atoms with Crippen molar-refractivity contribution in [1.29, 1.82) is 0 Å². The number of carbonyl (C=O) groups is 1. The quantitative estimate of drug-likeness (QED) is 0.906. The number of amides is 1. The third kappa shape index (κ3) is 3.43. The molecule has 3 atom stereocenters. The van der Waals surface area contributed by atoms with Crippen LogP contribution in [0.4, 0.5) is 0 Å². The van der Waals surface area contributed by atoms with Crippen LogP contribution in [0.25, 0.3) is 0 Å². The maximum absolute atomic E-state index is 12.5. The van der Waals surface area contributed by atoms with Crippen molar-refractivity contribution in [2.75, 3.05) is 12.0 Å². The van der Waals surface area contributed by atoms with Gasteiger partial charge < -0.3 is 4.90 Å². The third-order valence-electron chi connectivity index (χ3n) is 4.25. The number of nitrogens with one attached hydrogen (secondary N) is 1. The van der Waals surface area contributed by atoms with Gasteiger partial charge in [-0.1, -0.05) is 23.8 Å². The average Bonchev–Trinajstić information content (AvgIpc) is 2.72. The van der Waals surface area contributed by atoms with Crippen LogP contribution >= 0.6 is 11.8 Å². The minimum atomic E-state index is -0.104. The fourth-order valence-electron chi connectivity index (χ4n) is 3.01. The summed E-state index contributed by atoms with van der Waals surface area (Å²) in [4.78, 5) is 14.6. The van der Waals surface area contributed by atoms with E-state index in [1.807, 2.05) is 23.6 Å². The molecule has 1 saturated heterocycles. The van der Waals surface area contributed by atoms with E-state index in [1.54, 1.807) is 0 Å². The summed E-state index contributed by atoms with van der Waals surface area (Å²) < 4.78 is 0. The molecule has 0 spiro atoms. The van der Waals surface area contributed by atoms with E-state index in [0.717, 1.165) is 12.2 Å². The van der Waals surface area contributed by atoms with Crippen molar-refractivity contribution in [1.82, 2.24) is 10.2 Å². The Bertz CT molecular complexity index is 518. The Morgan fingerprint density at radius 2 is 2.10 bits per heavy atom. The molecule has 116 valence electrons. The summed E-state index contributed by atoms with van der Waals surface area (Å²) in [6.45, 7) is 8.35. The van der Waals surface area contributed by atoms with Crippen LogP contribution < -0.4 is 5.32 Å². The molecule has 21 heavy (non-hydrogen) atoms. The molecule has 1 heterocycles. The van der Waals surface area contributed by atoms with E-state index >= 15 is 0 Å². The predicted molar refractivity (Wildman–Crippen MR) is 90.6 cm³/mol. The molecular formula is C17H26N2OS. The largest absolute Gasteiger partial charge is 0.319 e. The number of nitrogens with zero attached hydrogens (tertiary/aromatic N) is 1. The molecule has 1 aromatic rings. The molecule has 4 heteroatoms. The van der Waals surface area contributed by atoms with Crippen molar-refractivity contribution in [3.8, 4) is 0 Å². The van der Waals surface area contributed by atoms with E-state index < -0.39 is 0 Å². The Morgan fingerprint density at radius 1 is 1.38 bits per heavy atom. The monoisotopic (exact) mass is 306 g/mol. The van der Waals surface area contributed by atoms with Crippen LogP contribution in [0.3, 0.4) is 0 Å². The average molecular weight is 306 g/mol. The summed E-state index contributed by atoms with van der Waals surface area (Å²) in [7, 11) is 0. The molecule has 2 rings (SSSR count). The Balaban J connectivity index is 2.29. The van der Waals surface area contributed by atoms with E-state index in [0.29, 0.717) is 0 Å². The second-order valence-corrected chi connectivity index (χ2v) is 7.01. The molecule has 0 aromatic heterocycles. The second-order valence-electron chi connectivity index (χ2n) is 6.03. The summed E-state index contributed by atoms with van der Waals surface area (Å²) in [6.07, 6.45) is 3.15. The number of aryl methyl sites for hydroxylation is 2. The first-order valence-electron chi connectivity index (χ1n) is 7.60. The van der Waals surface area contributed by atoms with Crippen LogP contribution in [0, 0.1) is 13.8 Å². The summed E-state index contributed by atoms with van der Waals surface area (Å²) in [5.41, 5.74) is 3.72. The number of hydrogen-bond acceptors (Lipinski definition) is 3. The van der Waals surface area contributed by atoms with Crippen molar-refractivity contribution >= 4 is 17.7 Å². The van der Waals surface area contributed by atoms with E-state index in [4.69, 9.17) is 0 Å². The van der Waals surface area contributed by atoms with Crippen molar-refractivity contribution in [3.05, 3.63) is 34.9 Å². The van der Waals surface area contributed by atoms with Gasteiger partial charge in [-0.25, -0.2) is 0 Å². The zero-order valence-electron chi connectivity index (χ0n) is 13.6. The summed E-state index contributed by atoms with van der Waals surface area (Å²) >= 11 is 1.83. The first-order valence-corrected chi connectivity index (χ1v) is 8.99. The first-order chi connectivity index (χ1) is 9.95. The molecule has 3 nitrogen and oxygen atoms in total. The lowest BCUT2D eigenvalue weighted by Crippen LogP contribution is -2.38. The molecule has 1 aliphatic rings. The minimum Gasteiger partial charge on any atom is -0.319 e. The fraction of sp³-hybridized carbons (Fsp3) is 0.588. The van der Waals surface area contributed by atoms with Gasteiger partial charge >= 0.3 is 0 Å². The molecule has 0 aliphatic carbocycles. The van der Waals surface area contributed by atoms with Gasteiger partial charge in [-0.15, -0.1) is 0 Å². The van der Waals surface area contributed by atoms with Gasteiger partial charge in [-0.3, -0.25) is 10.1 Å². The molecule has 1 amide bonds. The highest BCUT2D eigenvalue weighted by atomic mass is 32.2. The molecular weight excluding hydrogens is 280 g/mol. The van der Waals surface area contributed by atoms with Gasteiger partial charge in [-0.05, 0) is 57.3 Å². The Kier molecular flexibility index (Phi) is 5.33. The summed E-state index contributed by atoms with van der Waals surface area (Å²) in [5.74, 6) is 1.30. The van der Waals surface area contributed by atoms with Gasteiger partial charge in [0.2, 0.25) is 5.91 Å². The molecule has 1 N–H and O–H groups in total. The van der Waals surface area contributed by atoms with Crippen LogP contribution in [0.1, 0.15) is 43.1 Å². The van der Waals surface area contributed by atoms with Crippen LogP contribution in [-0.4, -0.2) is 34.9 Å². The predicted octanol–water partition coefficient (Wildman–Crippen LogP) is 3.26. The summed E-state index contributed by atoms with van der Waals surface area (Å²) in [6, 6.07) is 6.62. The highest BCUT2D eigenvalue weighted by molar-refractivity contribution is 7.98. The van der Waals surface area contributed by atoms with Crippen molar-refractivity contribution in [2.24, 2.45) is 0 Å². The molecule has 1 fully saturated rings. The number of rotatable bonds is 5. The topological polar surface area (TPSA) is 32.3 Å².